The Morgan fingerprint density at radius 3 is 2.94 bits per heavy atom. The first-order chi connectivity index (χ1) is 8.58. The summed E-state index contributed by atoms with van der Waals surface area (Å²) in [5.41, 5.74) is 6.66. The second-order valence-corrected chi connectivity index (χ2v) is 5.08. The standard InChI is InChI=1S/C12H14ClN3OS/c1-18-5-4-10(15)12(17)16-11-3-2-8(7-14)6-9(11)13/h2-3,6,10H,4-5,15H2,1H3,(H,16,17)/t10-/m0/s1. The van der Waals surface area contributed by atoms with Gasteiger partial charge in [0.2, 0.25) is 5.91 Å². The average Bonchev–Trinajstić information content (AvgIpc) is 2.38. The van der Waals surface area contributed by atoms with Crippen LogP contribution in [0, 0.1) is 11.3 Å². The van der Waals surface area contributed by atoms with E-state index in [4.69, 9.17) is 22.6 Å². The number of benzene rings is 1. The Kier molecular flexibility index (Phi) is 5.99. The lowest BCUT2D eigenvalue weighted by Crippen LogP contribution is -2.36. The molecule has 96 valence electrons. The third kappa shape index (κ3) is 4.22. The zero-order chi connectivity index (χ0) is 13.5. The van der Waals surface area contributed by atoms with Crippen LogP contribution in [0.4, 0.5) is 5.69 Å². The lowest BCUT2D eigenvalue weighted by atomic mass is 10.2. The van der Waals surface area contributed by atoms with Gasteiger partial charge in [-0.15, -0.1) is 0 Å². The van der Waals surface area contributed by atoms with Crippen molar-refractivity contribution in [1.29, 1.82) is 5.26 Å². The molecular formula is C12H14ClN3OS. The summed E-state index contributed by atoms with van der Waals surface area (Å²) in [5, 5.41) is 11.7. The molecule has 0 aromatic heterocycles. The number of rotatable bonds is 5. The van der Waals surface area contributed by atoms with Crippen molar-refractivity contribution < 1.29 is 4.79 Å². The predicted molar refractivity (Wildman–Crippen MR) is 75.8 cm³/mol. The maximum Gasteiger partial charge on any atom is 0.241 e. The molecule has 0 aliphatic rings. The quantitative estimate of drug-likeness (QED) is 0.868. The van der Waals surface area contributed by atoms with Crippen molar-refractivity contribution in [3.05, 3.63) is 28.8 Å². The Bertz CT molecular complexity index is 473. The third-order valence-corrected chi connectivity index (χ3v) is 3.28. The van der Waals surface area contributed by atoms with E-state index < -0.39 is 6.04 Å². The van der Waals surface area contributed by atoms with Crippen LogP contribution in [0.1, 0.15) is 12.0 Å². The summed E-state index contributed by atoms with van der Waals surface area (Å²) in [6.07, 6.45) is 2.57. The van der Waals surface area contributed by atoms with Gasteiger partial charge in [0.15, 0.2) is 0 Å². The summed E-state index contributed by atoms with van der Waals surface area (Å²) in [4.78, 5) is 11.8. The van der Waals surface area contributed by atoms with E-state index in [0.717, 1.165) is 5.75 Å². The normalized spacial score (nSPS) is 11.7. The van der Waals surface area contributed by atoms with E-state index >= 15 is 0 Å². The number of amides is 1. The van der Waals surface area contributed by atoms with E-state index in [2.05, 4.69) is 5.32 Å². The molecule has 1 aromatic carbocycles. The Balaban J connectivity index is 2.67. The molecule has 3 N–H and O–H groups in total. The maximum absolute atomic E-state index is 11.8. The molecule has 0 heterocycles. The summed E-state index contributed by atoms with van der Waals surface area (Å²) in [5.74, 6) is 0.561. The van der Waals surface area contributed by atoms with Gasteiger partial charge in [-0.3, -0.25) is 4.79 Å². The van der Waals surface area contributed by atoms with Crippen molar-refractivity contribution >= 4 is 35.0 Å². The molecule has 0 aliphatic carbocycles. The highest BCUT2D eigenvalue weighted by atomic mass is 35.5. The first-order valence-corrected chi connectivity index (χ1v) is 7.10. The minimum absolute atomic E-state index is 0.268. The van der Waals surface area contributed by atoms with Gasteiger partial charge >= 0.3 is 0 Å². The number of carbonyl (C=O) groups is 1. The molecule has 0 spiro atoms. The van der Waals surface area contributed by atoms with Crippen LogP contribution in [0.15, 0.2) is 18.2 Å². The minimum atomic E-state index is -0.552. The van der Waals surface area contributed by atoms with Gasteiger partial charge in [0.1, 0.15) is 0 Å². The van der Waals surface area contributed by atoms with Crippen molar-refractivity contribution in [2.45, 2.75) is 12.5 Å². The van der Waals surface area contributed by atoms with Crippen molar-refractivity contribution in [3.63, 3.8) is 0 Å². The fourth-order valence-electron chi connectivity index (χ4n) is 1.29. The van der Waals surface area contributed by atoms with E-state index in [0.29, 0.717) is 22.7 Å². The Morgan fingerprint density at radius 2 is 2.39 bits per heavy atom. The molecule has 1 atom stereocenters. The van der Waals surface area contributed by atoms with Gasteiger partial charge in [-0.1, -0.05) is 11.6 Å². The van der Waals surface area contributed by atoms with Crippen molar-refractivity contribution in [2.75, 3.05) is 17.3 Å². The Morgan fingerprint density at radius 1 is 1.67 bits per heavy atom. The Hall–Kier alpha value is -1.22. The number of anilines is 1. The van der Waals surface area contributed by atoms with Crippen LogP contribution in [-0.4, -0.2) is 24.0 Å². The fourth-order valence-corrected chi connectivity index (χ4v) is 2.00. The molecule has 4 nitrogen and oxygen atoms in total. The van der Waals surface area contributed by atoms with Gasteiger partial charge in [-0.2, -0.15) is 17.0 Å². The van der Waals surface area contributed by atoms with Gasteiger partial charge in [0.25, 0.3) is 0 Å². The van der Waals surface area contributed by atoms with E-state index in [1.165, 1.54) is 6.07 Å². The first kappa shape index (κ1) is 14.8. The molecule has 1 amide bonds. The highest BCUT2D eigenvalue weighted by Crippen LogP contribution is 2.22. The molecule has 0 fully saturated rings. The number of nitrogens with zero attached hydrogens (tertiary/aromatic N) is 1. The summed E-state index contributed by atoms with van der Waals surface area (Å²) < 4.78 is 0. The minimum Gasteiger partial charge on any atom is -0.323 e. The van der Waals surface area contributed by atoms with Gasteiger partial charge in [-0.05, 0) is 36.6 Å². The van der Waals surface area contributed by atoms with Gasteiger partial charge in [0.05, 0.1) is 28.4 Å². The molecule has 0 unspecified atom stereocenters. The second-order valence-electron chi connectivity index (χ2n) is 3.68. The number of thioether (sulfide) groups is 1. The average molecular weight is 284 g/mol. The van der Waals surface area contributed by atoms with Crippen molar-refractivity contribution in [1.82, 2.24) is 0 Å². The number of hydrogen-bond acceptors (Lipinski definition) is 4. The molecule has 6 heteroatoms. The van der Waals surface area contributed by atoms with Gasteiger partial charge in [0, 0.05) is 0 Å². The molecule has 18 heavy (non-hydrogen) atoms. The number of carbonyl (C=O) groups excluding carboxylic acids is 1. The molecule has 0 bridgehead atoms. The topological polar surface area (TPSA) is 78.9 Å². The predicted octanol–water partition coefficient (Wildman–Crippen LogP) is 2.23. The highest BCUT2D eigenvalue weighted by molar-refractivity contribution is 7.98. The summed E-state index contributed by atoms with van der Waals surface area (Å²) in [6, 6.07) is 6.12. The van der Waals surface area contributed by atoms with Crippen LogP contribution in [0.25, 0.3) is 0 Å². The summed E-state index contributed by atoms with van der Waals surface area (Å²) in [6.45, 7) is 0. The molecule has 0 radical (unpaired) electrons. The van der Waals surface area contributed by atoms with Crippen LogP contribution in [0.3, 0.4) is 0 Å². The fraction of sp³-hybridized carbons (Fsp3) is 0.333. The van der Waals surface area contributed by atoms with Crippen LogP contribution in [0.5, 0.6) is 0 Å². The third-order valence-electron chi connectivity index (χ3n) is 2.33. The van der Waals surface area contributed by atoms with E-state index in [9.17, 15) is 4.79 Å². The van der Waals surface area contributed by atoms with Gasteiger partial charge < -0.3 is 11.1 Å². The summed E-state index contributed by atoms with van der Waals surface area (Å²) in [7, 11) is 0. The number of nitrogens with one attached hydrogen (secondary N) is 1. The zero-order valence-electron chi connectivity index (χ0n) is 9.94. The second kappa shape index (κ2) is 7.27. The lowest BCUT2D eigenvalue weighted by Gasteiger charge is -2.12. The number of nitriles is 1. The van der Waals surface area contributed by atoms with Crippen LogP contribution in [0.2, 0.25) is 5.02 Å². The highest BCUT2D eigenvalue weighted by Gasteiger charge is 2.14. The summed E-state index contributed by atoms with van der Waals surface area (Å²) >= 11 is 7.59. The number of nitrogens with two attached hydrogens (primary N) is 1. The van der Waals surface area contributed by atoms with Crippen molar-refractivity contribution in [2.24, 2.45) is 5.73 Å². The van der Waals surface area contributed by atoms with Crippen LogP contribution < -0.4 is 11.1 Å². The smallest absolute Gasteiger partial charge is 0.241 e. The molecule has 0 saturated carbocycles. The lowest BCUT2D eigenvalue weighted by molar-refractivity contribution is -0.117. The molecule has 0 saturated heterocycles. The SMILES string of the molecule is CSCC[C@H](N)C(=O)Nc1ccc(C#N)cc1Cl. The molecule has 1 aromatic rings. The van der Waals surface area contributed by atoms with Gasteiger partial charge in [-0.25, -0.2) is 0 Å². The zero-order valence-corrected chi connectivity index (χ0v) is 11.5. The number of halogens is 1. The van der Waals surface area contributed by atoms with E-state index in [1.54, 1.807) is 23.9 Å². The van der Waals surface area contributed by atoms with Crippen molar-refractivity contribution in [3.8, 4) is 6.07 Å². The maximum atomic E-state index is 11.8. The number of hydrogen-bond donors (Lipinski definition) is 2. The molecule has 1 rings (SSSR count). The molecule has 0 aliphatic heterocycles. The monoisotopic (exact) mass is 283 g/mol. The molecular weight excluding hydrogens is 270 g/mol. The Labute approximate surface area is 115 Å². The first-order valence-electron chi connectivity index (χ1n) is 5.33. The largest absolute Gasteiger partial charge is 0.323 e. The van der Waals surface area contributed by atoms with E-state index in [-0.39, 0.29) is 5.91 Å². The van der Waals surface area contributed by atoms with E-state index in [1.807, 2.05) is 12.3 Å². The van der Waals surface area contributed by atoms with Crippen LogP contribution >= 0.6 is 23.4 Å². The van der Waals surface area contributed by atoms with Crippen LogP contribution in [-0.2, 0) is 4.79 Å².